The molecule has 0 amide bonds. The molecule has 0 heterocycles. The zero-order valence-corrected chi connectivity index (χ0v) is 18.4. The second kappa shape index (κ2) is 8.17. The fourth-order valence-electron chi connectivity index (χ4n) is 5.77. The van der Waals surface area contributed by atoms with Crippen molar-refractivity contribution in [2.45, 2.75) is 70.4 Å². The van der Waals surface area contributed by atoms with Crippen molar-refractivity contribution in [3.8, 4) is 0 Å². The number of esters is 1. The third kappa shape index (κ3) is 3.67. The fraction of sp³-hybridized carbons (Fsp3) is 0.680. The number of Topliss-reactive ketones (excluding diaryl/α,β-unsaturated/α-hetero) is 1. The number of rotatable bonds is 6. The van der Waals surface area contributed by atoms with E-state index in [0.29, 0.717) is 0 Å². The number of hydrogen-bond donors (Lipinski definition) is 3. The molecule has 1 unspecified atom stereocenters. The molecule has 180 valence electrons. The molecule has 8 nitrogen and oxygen atoms in total. The molecule has 0 spiro atoms. The summed E-state index contributed by atoms with van der Waals surface area (Å²) in [6.07, 6.45) is -10.7. The lowest BCUT2D eigenvalue weighted by Crippen LogP contribution is -2.61. The number of aliphatic carboxylic acids is 1. The SMILES string of the molecule is [2H]C1=C[C@@]2(C)C(=C([2H])C1=O)C([2H])([2H])CC1[C@@H]3CC[C@](O)(C(=O)COC(=O)CCC(=O)O)[C@@]3(C)C([2H])([2H])[C@]([2H])(O)[C@@]12[2H]. The van der Waals surface area contributed by atoms with Gasteiger partial charge in [-0.15, -0.1) is 0 Å². The van der Waals surface area contributed by atoms with Crippen LogP contribution >= 0.6 is 0 Å². The van der Waals surface area contributed by atoms with Gasteiger partial charge in [0.1, 0.15) is 5.60 Å². The third-order valence-electron chi connectivity index (χ3n) is 7.58. The molecule has 0 aliphatic heterocycles. The number of ether oxygens (including phenoxy) is 1. The van der Waals surface area contributed by atoms with Gasteiger partial charge in [0.15, 0.2) is 12.4 Å². The molecule has 3 saturated carbocycles. The molecule has 4 aliphatic carbocycles. The van der Waals surface area contributed by atoms with Gasteiger partial charge in [-0.3, -0.25) is 19.2 Å². The Kier molecular flexibility index (Phi) is 3.85. The van der Waals surface area contributed by atoms with E-state index in [0.717, 1.165) is 13.0 Å². The van der Waals surface area contributed by atoms with Crippen LogP contribution in [-0.2, 0) is 23.9 Å². The molecule has 7 atom stereocenters. The maximum atomic E-state index is 13.4. The predicted molar refractivity (Wildman–Crippen MR) is 116 cm³/mol. The Morgan fingerprint density at radius 1 is 1.30 bits per heavy atom. The monoisotopic (exact) mass is 468 g/mol. The second-order valence-corrected chi connectivity index (χ2v) is 9.38. The Morgan fingerprint density at radius 2 is 2.03 bits per heavy atom. The Balaban J connectivity index is 1.85. The number of ketones is 2. The first-order valence-electron chi connectivity index (χ1n) is 14.8. The Bertz CT molecular complexity index is 1310. The molecule has 3 N–H and O–H groups in total. The molecule has 33 heavy (non-hydrogen) atoms. The highest BCUT2D eigenvalue weighted by Gasteiger charge is 2.68. The van der Waals surface area contributed by atoms with Crippen LogP contribution in [0, 0.1) is 28.6 Å². The van der Waals surface area contributed by atoms with Crippen molar-refractivity contribution in [1.29, 1.82) is 0 Å². The first-order chi connectivity index (χ1) is 18.5. The molecular weight excluding hydrogens is 428 g/mol. The van der Waals surface area contributed by atoms with Crippen LogP contribution in [0.3, 0.4) is 0 Å². The number of allylic oxidation sites excluding steroid dienone is 4. The number of aliphatic hydroxyl groups is 2. The van der Waals surface area contributed by atoms with Crippen LogP contribution in [-0.4, -0.2) is 57.1 Å². The first kappa shape index (κ1) is 15.6. The zero-order chi connectivity index (χ0) is 31.4. The summed E-state index contributed by atoms with van der Waals surface area (Å²) in [5, 5.41) is 32.3. The van der Waals surface area contributed by atoms with Crippen molar-refractivity contribution in [2.75, 3.05) is 6.61 Å². The van der Waals surface area contributed by atoms with E-state index in [1.807, 2.05) is 0 Å². The summed E-state index contributed by atoms with van der Waals surface area (Å²) in [5.41, 5.74) is -7.67. The minimum atomic E-state index is -3.50. The highest BCUT2D eigenvalue weighted by atomic mass is 16.5. The lowest BCUT2D eigenvalue weighted by atomic mass is 9.46. The van der Waals surface area contributed by atoms with Crippen molar-refractivity contribution in [1.82, 2.24) is 0 Å². The van der Waals surface area contributed by atoms with Crippen molar-refractivity contribution in [3.63, 3.8) is 0 Å². The average Bonchev–Trinajstić information content (AvgIpc) is 3.13. The fourth-order valence-corrected chi connectivity index (χ4v) is 5.77. The molecule has 3 fully saturated rings. The van der Waals surface area contributed by atoms with Gasteiger partial charge >= 0.3 is 11.9 Å². The largest absolute Gasteiger partial charge is 0.481 e. The smallest absolute Gasteiger partial charge is 0.306 e. The number of carboxylic acids is 1. The normalized spacial score (nSPS) is 53.1. The molecule has 0 radical (unpaired) electrons. The van der Waals surface area contributed by atoms with Gasteiger partial charge < -0.3 is 20.1 Å². The van der Waals surface area contributed by atoms with E-state index in [1.54, 1.807) is 0 Å². The van der Waals surface area contributed by atoms with Crippen LogP contribution in [0.5, 0.6) is 0 Å². The minimum Gasteiger partial charge on any atom is -0.481 e. The van der Waals surface area contributed by atoms with E-state index in [-0.39, 0.29) is 6.42 Å². The molecular formula is C25H32O8. The summed E-state index contributed by atoms with van der Waals surface area (Å²) in [7, 11) is 0. The standard InChI is InChI=1S/C25H32O8/c1-23-9-7-15(26)11-14(23)3-4-16-17-8-10-25(32,24(17,2)12-18(27)22(16)23)19(28)13-33-21(31)6-5-20(29)30/h7,9,11,16-18,22,27,32H,3-6,8,10,12-13H2,1-2H3,(H,29,30)/t16?,17-,18-,22+,23-,24-,25-/m0/s1/i3D2,7D,11D,12D2,18D,22D. The van der Waals surface area contributed by atoms with Gasteiger partial charge in [0.2, 0.25) is 5.78 Å². The quantitative estimate of drug-likeness (QED) is 0.503. The molecule has 0 bridgehead atoms. The zero-order valence-electron chi connectivity index (χ0n) is 26.4. The summed E-state index contributed by atoms with van der Waals surface area (Å²) in [4.78, 5) is 48.5. The van der Waals surface area contributed by atoms with Gasteiger partial charge in [0, 0.05) is 23.6 Å². The second-order valence-electron chi connectivity index (χ2n) is 9.38. The van der Waals surface area contributed by atoms with E-state index in [2.05, 4.69) is 0 Å². The van der Waals surface area contributed by atoms with Crippen LogP contribution in [0.4, 0.5) is 0 Å². The Labute approximate surface area is 203 Å². The van der Waals surface area contributed by atoms with E-state index >= 15 is 0 Å². The highest BCUT2D eigenvalue weighted by molar-refractivity contribution is 6.01. The summed E-state index contributed by atoms with van der Waals surface area (Å²) >= 11 is 0. The summed E-state index contributed by atoms with van der Waals surface area (Å²) in [6.45, 7) is 1.26. The van der Waals surface area contributed by atoms with Gasteiger partial charge in [-0.25, -0.2) is 0 Å². The van der Waals surface area contributed by atoms with Gasteiger partial charge in [-0.1, -0.05) is 25.5 Å². The lowest BCUT2D eigenvalue weighted by molar-refractivity contribution is -0.181. The van der Waals surface area contributed by atoms with Gasteiger partial charge in [0.25, 0.3) is 0 Å². The van der Waals surface area contributed by atoms with Crippen molar-refractivity contribution in [3.05, 3.63) is 23.8 Å². The maximum absolute atomic E-state index is 13.4. The molecule has 4 aliphatic rings. The summed E-state index contributed by atoms with van der Waals surface area (Å²) in [5.74, 6) is -9.91. The molecule has 0 saturated heterocycles. The van der Waals surface area contributed by atoms with Crippen LogP contribution in [0.15, 0.2) is 23.8 Å². The topological polar surface area (TPSA) is 138 Å². The van der Waals surface area contributed by atoms with Gasteiger partial charge in [-0.05, 0) is 55.9 Å². The van der Waals surface area contributed by atoms with E-state index in [1.165, 1.54) is 6.92 Å². The Morgan fingerprint density at radius 3 is 2.73 bits per heavy atom. The van der Waals surface area contributed by atoms with E-state index in [4.69, 9.17) is 19.4 Å². The van der Waals surface area contributed by atoms with Crippen LogP contribution < -0.4 is 0 Å². The molecule has 0 aromatic heterocycles. The number of carbonyl (C=O) groups is 4. The van der Waals surface area contributed by atoms with Gasteiger partial charge in [0.05, 0.1) is 23.0 Å². The first-order valence-corrected chi connectivity index (χ1v) is 10.8. The van der Waals surface area contributed by atoms with Crippen molar-refractivity contribution < 1.29 is 50.2 Å². The molecule has 4 rings (SSSR count). The maximum Gasteiger partial charge on any atom is 0.306 e. The van der Waals surface area contributed by atoms with Crippen molar-refractivity contribution >= 4 is 23.5 Å². The average molecular weight is 469 g/mol. The minimum absolute atomic E-state index is 0.151. The lowest BCUT2D eigenvalue weighted by Gasteiger charge is -2.59. The highest BCUT2D eigenvalue weighted by Crippen LogP contribution is 2.67. The number of carboxylic acid groups (broad SMARTS) is 1. The number of carbonyl (C=O) groups excluding carboxylic acids is 3. The van der Waals surface area contributed by atoms with Crippen LogP contribution in [0.2, 0.25) is 0 Å². The molecule has 0 aromatic rings. The third-order valence-corrected chi connectivity index (χ3v) is 7.58. The van der Waals surface area contributed by atoms with Crippen LogP contribution in [0.1, 0.15) is 69.7 Å². The summed E-state index contributed by atoms with van der Waals surface area (Å²) < 4.78 is 75.5. The molecule has 0 aromatic carbocycles. The van der Waals surface area contributed by atoms with Gasteiger partial charge in [-0.2, -0.15) is 0 Å². The summed E-state index contributed by atoms with van der Waals surface area (Å²) in [6, 6.07) is -1.67. The number of fused-ring (bicyclic) bond motifs is 5. The van der Waals surface area contributed by atoms with E-state index in [9.17, 15) is 30.8 Å². The predicted octanol–water partition coefficient (Wildman–Crippen LogP) is 1.97. The number of hydrogen-bond acceptors (Lipinski definition) is 7. The van der Waals surface area contributed by atoms with Crippen molar-refractivity contribution in [2.24, 2.45) is 28.6 Å². The molecule has 8 heteroatoms. The van der Waals surface area contributed by atoms with Crippen LogP contribution in [0.25, 0.3) is 0 Å². The van der Waals surface area contributed by atoms with E-state index < -0.39 is 126 Å². The Hall–Kier alpha value is -2.32.